The van der Waals surface area contributed by atoms with Crippen LogP contribution in [0.15, 0.2) is 73.1 Å². The molecular weight excluding hydrogens is 658 g/mol. The molecule has 2 saturated heterocycles. The summed E-state index contributed by atoms with van der Waals surface area (Å²) in [6.07, 6.45) is 6.67. The monoisotopic (exact) mass is 699 g/mol. The van der Waals surface area contributed by atoms with Crippen molar-refractivity contribution >= 4 is 41.6 Å². The quantitative estimate of drug-likeness (QED) is 0.216. The van der Waals surface area contributed by atoms with E-state index >= 15 is 0 Å². The third kappa shape index (κ3) is 9.59. The number of hydrogen-bond donors (Lipinski definition) is 5. The van der Waals surface area contributed by atoms with E-state index in [-0.39, 0.29) is 50.2 Å². The summed E-state index contributed by atoms with van der Waals surface area (Å²) >= 11 is 0. The molecule has 15 heteroatoms. The number of benzene rings is 2. The molecule has 2 fully saturated rings. The standard InChI is InChI=1S/C36H41N7O8/c1-51-30-13-6-5-12-28(30)43-21-24(20-38-43)33(46)40-26-11-7-8-18-37-31(44)17-15-27(36(49)50)41-34(47)29-19-25(22-42(29)35(26)48)39-32(45)16-14-23-9-3-2-4-10-23/h2-6,9-10,12-14,16,20-21,25-27,29H,7-8,11,15,17-19,22H2,1H3,(H,37,44)(H,39,45)(H,40,46)(H,41,47)(H,49,50)/t25-,26+,27+,29+/m1/s1. The van der Waals surface area contributed by atoms with Gasteiger partial charge in [0.2, 0.25) is 23.6 Å². The molecule has 0 bridgehead atoms. The van der Waals surface area contributed by atoms with Crippen LogP contribution in [-0.2, 0) is 24.0 Å². The zero-order valence-electron chi connectivity index (χ0n) is 28.1. The maximum atomic E-state index is 14.3. The molecule has 1 aromatic heterocycles. The lowest BCUT2D eigenvalue weighted by Crippen LogP contribution is -2.55. The molecule has 0 radical (unpaired) electrons. The van der Waals surface area contributed by atoms with Crippen LogP contribution in [0, 0.1) is 0 Å². The Morgan fingerprint density at radius 1 is 1.00 bits per heavy atom. The molecule has 5 rings (SSSR count). The Morgan fingerprint density at radius 3 is 2.53 bits per heavy atom. The number of carbonyl (C=O) groups excluding carboxylic acids is 5. The van der Waals surface area contributed by atoms with Crippen molar-refractivity contribution in [2.45, 2.75) is 62.7 Å². The van der Waals surface area contributed by atoms with Crippen molar-refractivity contribution < 1.29 is 38.6 Å². The highest BCUT2D eigenvalue weighted by Crippen LogP contribution is 2.24. The largest absolute Gasteiger partial charge is 0.494 e. The lowest BCUT2D eigenvalue weighted by molar-refractivity contribution is -0.144. The zero-order valence-corrected chi connectivity index (χ0v) is 28.1. The van der Waals surface area contributed by atoms with E-state index < -0.39 is 53.8 Å². The Kier molecular flexibility index (Phi) is 12.2. The number of aliphatic carboxylic acids is 1. The van der Waals surface area contributed by atoms with Crippen LogP contribution in [0.25, 0.3) is 11.8 Å². The Hall–Kier alpha value is -5.99. The first kappa shape index (κ1) is 36.3. The van der Waals surface area contributed by atoms with E-state index in [9.17, 15) is 33.9 Å². The number of hydrogen-bond acceptors (Lipinski definition) is 8. The fourth-order valence-electron chi connectivity index (χ4n) is 6.10. The predicted molar refractivity (Wildman–Crippen MR) is 185 cm³/mol. The first-order valence-electron chi connectivity index (χ1n) is 16.8. The molecule has 2 aliphatic rings. The molecule has 51 heavy (non-hydrogen) atoms. The van der Waals surface area contributed by atoms with Crippen molar-refractivity contribution in [2.24, 2.45) is 0 Å². The number of fused-ring (bicyclic) bond motifs is 1. The van der Waals surface area contributed by atoms with Crippen LogP contribution >= 0.6 is 0 Å². The van der Waals surface area contributed by atoms with Crippen LogP contribution in [0.5, 0.6) is 5.75 Å². The van der Waals surface area contributed by atoms with Crippen molar-refractivity contribution in [1.29, 1.82) is 0 Å². The third-order valence-corrected chi connectivity index (χ3v) is 8.76. The molecule has 3 aromatic rings. The van der Waals surface area contributed by atoms with E-state index in [4.69, 9.17) is 4.74 Å². The normalized spacial score (nSPS) is 21.8. The number of nitrogens with one attached hydrogen (secondary N) is 4. The highest BCUT2D eigenvalue weighted by molar-refractivity contribution is 5.99. The SMILES string of the molecule is COc1ccccc1-n1cc(C(=O)N[C@H]2CCCCNC(=O)CC[C@@H](C(=O)O)NC(=O)[C@@H]3C[C@@H](NC(=O)C=Cc4ccccc4)CN3C2=O)cn1. The fourth-order valence-corrected chi connectivity index (χ4v) is 6.10. The zero-order chi connectivity index (χ0) is 36.3. The minimum absolute atomic E-state index is 0.00165. The summed E-state index contributed by atoms with van der Waals surface area (Å²) in [5.74, 6) is -3.49. The molecule has 15 nitrogen and oxygen atoms in total. The highest BCUT2D eigenvalue weighted by Gasteiger charge is 2.43. The minimum atomic E-state index is -1.39. The molecular formula is C36H41N7O8. The van der Waals surface area contributed by atoms with Crippen LogP contribution in [-0.4, -0.2) is 99.7 Å². The van der Waals surface area contributed by atoms with Crippen LogP contribution in [0.3, 0.4) is 0 Å². The van der Waals surface area contributed by atoms with Crippen LogP contribution in [0.1, 0.15) is 54.4 Å². The van der Waals surface area contributed by atoms with Gasteiger partial charge in [-0.1, -0.05) is 42.5 Å². The van der Waals surface area contributed by atoms with E-state index in [1.807, 2.05) is 30.3 Å². The van der Waals surface area contributed by atoms with Gasteiger partial charge in [0.05, 0.1) is 18.9 Å². The number of carboxylic acid groups (broad SMARTS) is 1. The first-order chi connectivity index (χ1) is 24.6. The molecule has 0 saturated carbocycles. The smallest absolute Gasteiger partial charge is 0.326 e. The summed E-state index contributed by atoms with van der Waals surface area (Å²) in [6.45, 7) is 0.220. The van der Waals surface area contributed by atoms with Crippen molar-refractivity contribution in [3.05, 3.63) is 84.2 Å². The number of rotatable bonds is 8. The number of nitrogens with zero attached hydrogens (tertiary/aromatic N) is 3. The van der Waals surface area contributed by atoms with Crippen LogP contribution in [0.2, 0.25) is 0 Å². The summed E-state index contributed by atoms with van der Waals surface area (Å²) in [6, 6.07) is 12.0. The second-order valence-electron chi connectivity index (χ2n) is 12.3. The van der Waals surface area contributed by atoms with Gasteiger partial charge in [-0.15, -0.1) is 0 Å². The number of methoxy groups -OCH3 is 1. The second kappa shape index (κ2) is 17.1. The van der Waals surface area contributed by atoms with E-state index in [1.165, 1.54) is 35.2 Å². The van der Waals surface area contributed by atoms with Crippen molar-refractivity contribution in [3.8, 4) is 11.4 Å². The lowest BCUT2D eigenvalue weighted by atomic mass is 10.1. The van der Waals surface area contributed by atoms with Gasteiger partial charge in [0.25, 0.3) is 5.91 Å². The van der Waals surface area contributed by atoms with E-state index in [1.54, 1.807) is 30.3 Å². The Labute approximate surface area is 294 Å². The lowest BCUT2D eigenvalue weighted by Gasteiger charge is -2.29. The predicted octanol–water partition coefficient (Wildman–Crippen LogP) is 1.43. The van der Waals surface area contributed by atoms with Crippen molar-refractivity contribution in [2.75, 3.05) is 20.2 Å². The summed E-state index contributed by atoms with van der Waals surface area (Å²) in [5.41, 5.74) is 1.58. The van der Waals surface area contributed by atoms with Crippen LogP contribution < -0.4 is 26.0 Å². The molecule has 0 unspecified atom stereocenters. The van der Waals surface area contributed by atoms with Crippen molar-refractivity contribution in [1.82, 2.24) is 35.9 Å². The minimum Gasteiger partial charge on any atom is -0.494 e. The molecule has 5 N–H and O–H groups in total. The van der Waals surface area contributed by atoms with Gasteiger partial charge in [0, 0.05) is 37.8 Å². The van der Waals surface area contributed by atoms with Gasteiger partial charge < -0.3 is 36.0 Å². The van der Waals surface area contributed by atoms with Gasteiger partial charge in [-0.3, -0.25) is 24.0 Å². The highest BCUT2D eigenvalue weighted by atomic mass is 16.5. The molecule has 2 aliphatic heterocycles. The van der Waals surface area contributed by atoms with Gasteiger partial charge in [-0.05, 0) is 55.9 Å². The van der Waals surface area contributed by atoms with E-state index in [2.05, 4.69) is 26.4 Å². The molecule has 5 amide bonds. The topological polar surface area (TPSA) is 201 Å². The molecule has 0 aliphatic carbocycles. The Morgan fingerprint density at radius 2 is 1.76 bits per heavy atom. The fraction of sp³-hybridized carbons (Fsp3) is 0.361. The number of ether oxygens (including phenoxy) is 1. The van der Waals surface area contributed by atoms with Crippen LogP contribution in [0.4, 0.5) is 0 Å². The number of para-hydroxylation sites is 2. The molecule has 4 atom stereocenters. The summed E-state index contributed by atoms with van der Waals surface area (Å²) in [5, 5.41) is 25.0. The van der Waals surface area contributed by atoms with Gasteiger partial charge in [0.1, 0.15) is 29.6 Å². The van der Waals surface area contributed by atoms with Gasteiger partial charge in [0.15, 0.2) is 0 Å². The second-order valence-corrected chi connectivity index (χ2v) is 12.3. The number of aromatic nitrogens is 2. The van der Waals surface area contributed by atoms with E-state index in [0.717, 1.165) is 5.56 Å². The maximum absolute atomic E-state index is 14.3. The van der Waals surface area contributed by atoms with Gasteiger partial charge in [-0.2, -0.15) is 5.10 Å². The maximum Gasteiger partial charge on any atom is 0.326 e. The van der Waals surface area contributed by atoms with E-state index in [0.29, 0.717) is 24.3 Å². The summed E-state index contributed by atoms with van der Waals surface area (Å²) < 4.78 is 6.89. The van der Waals surface area contributed by atoms with Gasteiger partial charge in [-0.25, -0.2) is 9.48 Å². The Balaban J connectivity index is 1.38. The Bertz CT molecular complexity index is 1780. The average Bonchev–Trinajstić information content (AvgIpc) is 3.80. The molecule has 268 valence electrons. The summed E-state index contributed by atoms with van der Waals surface area (Å²) in [7, 11) is 1.52. The average molecular weight is 700 g/mol. The molecule has 2 aromatic carbocycles. The van der Waals surface area contributed by atoms with Crippen molar-refractivity contribution in [3.63, 3.8) is 0 Å². The first-order valence-corrected chi connectivity index (χ1v) is 16.8. The van der Waals surface area contributed by atoms with Gasteiger partial charge >= 0.3 is 5.97 Å². The number of amides is 5. The number of carboxylic acids is 1. The number of carbonyl (C=O) groups is 6. The molecule has 0 spiro atoms. The third-order valence-electron chi connectivity index (χ3n) is 8.76. The molecule has 3 heterocycles. The summed E-state index contributed by atoms with van der Waals surface area (Å²) in [4.78, 5) is 80.1.